The van der Waals surface area contributed by atoms with Gasteiger partial charge in [0, 0.05) is 0 Å². The van der Waals surface area contributed by atoms with Gasteiger partial charge in [0.2, 0.25) is 0 Å². The van der Waals surface area contributed by atoms with Crippen LogP contribution in [0.4, 0.5) is 0 Å². The zero-order valence-corrected chi connectivity index (χ0v) is 12.0. The lowest BCUT2D eigenvalue weighted by atomic mass is 9.60. The van der Waals surface area contributed by atoms with Crippen LogP contribution in [0, 0.1) is 17.3 Å². The van der Waals surface area contributed by atoms with Crippen molar-refractivity contribution >= 4 is 13.6 Å². The molecule has 110 valence electrons. The molecule has 1 saturated heterocycles. The summed E-state index contributed by atoms with van der Waals surface area (Å²) in [6.07, 6.45) is 2.94. The second-order valence-corrected chi connectivity index (χ2v) is 8.04. The van der Waals surface area contributed by atoms with Crippen molar-refractivity contribution in [1.82, 2.24) is 5.32 Å². The Labute approximate surface area is 112 Å². The second-order valence-electron chi connectivity index (χ2n) is 6.35. The van der Waals surface area contributed by atoms with E-state index in [4.69, 9.17) is 14.9 Å². The molecule has 0 aromatic rings. The van der Waals surface area contributed by atoms with Crippen molar-refractivity contribution in [2.45, 2.75) is 38.6 Å². The minimum absolute atomic E-state index is 0.00892. The first-order chi connectivity index (χ1) is 8.70. The van der Waals surface area contributed by atoms with Crippen LogP contribution in [-0.4, -0.2) is 39.6 Å². The molecule has 2 rings (SSSR count). The standard InChI is InChI=1S/C12H22NO5P/c1-12-4-8(7-19(16,17)18)2-3-9(12)6-13-10(5-12)11(14)15/h8-10,13H,2-7H2,1H3,(H,14,15)(H2,16,17,18). The van der Waals surface area contributed by atoms with Crippen molar-refractivity contribution in [3.8, 4) is 0 Å². The molecule has 0 aromatic carbocycles. The minimum atomic E-state index is -3.98. The third kappa shape index (κ3) is 3.57. The molecule has 2 fully saturated rings. The van der Waals surface area contributed by atoms with Gasteiger partial charge in [-0.25, -0.2) is 0 Å². The average Bonchev–Trinajstić information content (AvgIpc) is 2.24. The normalized spacial score (nSPS) is 39.6. The van der Waals surface area contributed by atoms with Crippen LogP contribution < -0.4 is 5.32 Å². The lowest BCUT2D eigenvalue weighted by Gasteiger charge is -2.49. The Kier molecular flexibility index (Phi) is 4.07. The Morgan fingerprint density at radius 2 is 2.05 bits per heavy atom. The Balaban J connectivity index is 2.05. The summed E-state index contributed by atoms with van der Waals surface area (Å²) in [6, 6.07) is -0.532. The fraction of sp³-hybridized carbons (Fsp3) is 0.917. The van der Waals surface area contributed by atoms with Gasteiger partial charge >= 0.3 is 13.6 Å². The summed E-state index contributed by atoms with van der Waals surface area (Å²) < 4.78 is 11.1. The van der Waals surface area contributed by atoms with Gasteiger partial charge in [-0.05, 0) is 49.5 Å². The van der Waals surface area contributed by atoms with E-state index in [0.717, 1.165) is 12.8 Å². The maximum atomic E-state index is 11.1. The van der Waals surface area contributed by atoms with Gasteiger partial charge in [0.1, 0.15) is 6.04 Å². The first-order valence-electron chi connectivity index (χ1n) is 6.70. The molecule has 0 amide bonds. The molecule has 0 radical (unpaired) electrons. The van der Waals surface area contributed by atoms with Crippen molar-refractivity contribution in [2.75, 3.05) is 12.7 Å². The van der Waals surface area contributed by atoms with E-state index < -0.39 is 19.6 Å². The predicted octanol–water partition coefficient (Wildman–Crippen LogP) is 1.03. The van der Waals surface area contributed by atoms with Crippen LogP contribution in [0.5, 0.6) is 0 Å². The molecular formula is C12H22NO5P. The molecule has 7 heteroatoms. The summed E-state index contributed by atoms with van der Waals surface area (Å²) in [5, 5.41) is 12.2. The number of carboxylic acid groups (broad SMARTS) is 1. The number of carbonyl (C=O) groups is 1. The van der Waals surface area contributed by atoms with Crippen LogP contribution in [0.2, 0.25) is 0 Å². The Morgan fingerprint density at radius 1 is 1.37 bits per heavy atom. The van der Waals surface area contributed by atoms with Crippen LogP contribution in [0.25, 0.3) is 0 Å². The zero-order chi connectivity index (χ0) is 14.3. The van der Waals surface area contributed by atoms with Crippen molar-refractivity contribution in [3.05, 3.63) is 0 Å². The summed E-state index contributed by atoms with van der Waals surface area (Å²) in [5.41, 5.74) is -0.119. The van der Waals surface area contributed by atoms with Crippen molar-refractivity contribution in [1.29, 1.82) is 0 Å². The summed E-state index contributed by atoms with van der Waals surface area (Å²) >= 11 is 0. The van der Waals surface area contributed by atoms with Gasteiger partial charge in [0.25, 0.3) is 0 Å². The van der Waals surface area contributed by atoms with Gasteiger partial charge in [0.05, 0.1) is 6.16 Å². The van der Waals surface area contributed by atoms with Gasteiger partial charge in [-0.15, -0.1) is 0 Å². The second kappa shape index (κ2) is 5.17. The number of aliphatic carboxylic acids is 1. The van der Waals surface area contributed by atoms with Crippen LogP contribution >= 0.6 is 7.60 Å². The van der Waals surface area contributed by atoms with E-state index in [9.17, 15) is 9.36 Å². The molecule has 1 aliphatic heterocycles. The van der Waals surface area contributed by atoms with Crippen molar-refractivity contribution < 1.29 is 24.3 Å². The number of carboxylic acids is 1. The Hall–Kier alpha value is -0.420. The molecule has 1 heterocycles. The molecule has 4 atom stereocenters. The van der Waals surface area contributed by atoms with E-state index in [1.165, 1.54) is 0 Å². The number of hydrogen-bond acceptors (Lipinski definition) is 3. The van der Waals surface area contributed by atoms with E-state index in [1.54, 1.807) is 0 Å². The largest absolute Gasteiger partial charge is 0.480 e. The summed E-state index contributed by atoms with van der Waals surface area (Å²) in [4.78, 5) is 29.3. The molecule has 1 saturated carbocycles. The summed E-state index contributed by atoms with van der Waals surface area (Å²) in [7, 11) is -3.98. The topological polar surface area (TPSA) is 107 Å². The Bertz CT molecular complexity index is 409. The van der Waals surface area contributed by atoms with E-state index in [0.29, 0.717) is 25.3 Å². The number of hydrogen-bond donors (Lipinski definition) is 4. The highest BCUT2D eigenvalue weighted by Gasteiger charge is 2.46. The molecule has 4 unspecified atom stereocenters. The lowest BCUT2D eigenvalue weighted by molar-refractivity contribution is -0.142. The zero-order valence-electron chi connectivity index (χ0n) is 11.1. The molecular weight excluding hydrogens is 269 g/mol. The van der Waals surface area contributed by atoms with E-state index in [2.05, 4.69) is 12.2 Å². The first kappa shape index (κ1) is 15.0. The molecule has 6 nitrogen and oxygen atoms in total. The molecule has 4 N–H and O–H groups in total. The van der Waals surface area contributed by atoms with E-state index in [1.807, 2.05) is 0 Å². The number of piperidine rings is 1. The number of rotatable bonds is 3. The maximum Gasteiger partial charge on any atom is 0.325 e. The highest BCUT2D eigenvalue weighted by molar-refractivity contribution is 7.51. The van der Waals surface area contributed by atoms with Gasteiger partial charge in [0.15, 0.2) is 0 Å². The predicted molar refractivity (Wildman–Crippen MR) is 69.9 cm³/mol. The van der Waals surface area contributed by atoms with Gasteiger partial charge in [-0.1, -0.05) is 6.92 Å². The fourth-order valence-corrected chi connectivity index (χ4v) is 4.79. The monoisotopic (exact) mass is 291 g/mol. The van der Waals surface area contributed by atoms with E-state index >= 15 is 0 Å². The van der Waals surface area contributed by atoms with Crippen molar-refractivity contribution in [3.63, 3.8) is 0 Å². The highest BCUT2D eigenvalue weighted by atomic mass is 31.2. The molecule has 19 heavy (non-hydrogen) atoms. The highest BCUT2D eigenvalue weighted by Crippen LogP contribution is 2.51. The number of fused-ring (bicyclic) bond motifs is 1. The third-order valence-corrected chi connectivity index (χ3v) is 5.73. The molecule has 2 aliphatic rings. The summed E-state index contributed by atoms with van der Waals surface area (Å²) in [5.74, 6) is -0.414. The van der Waals surface area contributed by atoms with E-state index in [-0.39, 0.29) is 17.5 Å². The first-order valence-corrected chi connectivity index (χ1v) is 8.50. The maximum absolute atomic E-state index is 11.1. The fourth-order valence-electron chi connectivity index (χ4n) is 3.80. The average molecular weight is 291 g/mol. The molecule has 0 bridgehead atoms. The third-order valence-electron chi connectivity index (χ3n) is 4.74. The quantitative estimate of drug-likeness (QED) is 0.579. The minimum Gasteiger partial charge on any atom is -0.480 e. The van der Waals surface area contributed by atoms with Gasteiger partial charge in [-0.3, -0.25) is 9.36 Å². The van der Waals surface area contributed by atoms with Gasteiger partial charge in [-0.2, -0.15) is 0 Å². The molecule has 1 aliphatic carbocycles. The SMILES string of the molecule is CC12CC(CP(=O)(O)O)CCC1CNC(C(=O)O)C2. The Morgan fingerprint density at radius 3 is 2.63 bits per heavy atom. The smallest absolute Gasteiger partial charge is 0.325 e. The van der Waals surface area contributed by atoms with Gasteiger partial charge < -0.3 is 20.2 Å². The van der Waals surface area contributed by atoms with Crippen molar-refractivity contribution in [2.24, 2.45) is 17.3 Å². The van der Waals surface area contributed by atoms with Crippen LogP contribution in [-0.2, 0) is 9.36 Å². The van der Waals surface area contributed by atoms with Crippen LogP contribution in [0.1, 0.15) is 32.6 Å². The van der Waals surface area contributed by atoms with Crippen LogP contribution in [0.3, 0.4) is 0 Å². The molecule has 0 aromatic heterocycles. The summed E-state index contributed by atoms with van der Waals surface area (Å²) in [6.45, 7) is 2.76. The lowest BCUT2D eigenvalue weighted by Crippen LogP contribution is -2.54. The number of nitrogens with one attached hydrogen (secondary N) is 1. The van der Waals surface area contributed by atoms with Crippen LogP contribution in [0.15, 0.2) is 0 Å². The molecule has 0 spiro atoms.